The first kappa shape index (κ1) is 14.4. The average Bonchev–Trinajstić information content (AvgIpc) is 2.83. The molecule has 2 aromatic rings. The Morgan fingerprint density at radius 1 is 1.40 bits per heavy atom. The van der Waals surface area contributed by atoms with E-state index in [1.807, 2.05) is 24.1 Å². The summed E-state index contributed by atoms with van der Waals surface area (Å²) in [6.45, 7) is 2.02. The van der Waals surface area contributed by atoms with E-state index in [1.54, 1.807) is 18.2 Å². The first-order valence-corrected chi connectivity index (χ1v) is 6.81. The Morgan fingerprint density at radius 3 is 2.70 bits per heavy atom. The summed E-state index contributed by atoms with van der Waals surface area (Å²) in [7, 11) is 1.86. The van der Waals surface area contributed by atoms with E-state index in [4.69, 9.17) is 4.42 Å². The average molecular weight is 333 g/mol. The number of nitrogens with zero attached hydrogens (tertiary/aromatic N) is 2. The number of nitriles is 1. The standard InChI is InChI=1S/C15H13BrN2O2/c1-10(19)11-3-4-12(8-17)14(7-11)18(2)9-13-5-6-15(16)20-13/h3-7H,9H2,1-2H3. The van der Waals surface area contributed by atoms with Crippen molar-refractivity contribution in [1.29, 1.82) is 5.26 Å². The molecule has 0 radical (unpaired) electrons. The molecule has 1 aromatic carbocycles. The van der Waals surface area contributed by atoms with Crippen LogP contribution in [-0.4, -0.2) is 12.8 Å². The molecule has 0 aliphatic heterocycles. The zero-order chi connectivity index (χ0) is 14.7. The van der Waals surface area contributed by atoms with Crippen LogP contribution in [0.5, 0.6) is 0 Å². The molecule has 0 amide bonds. The smallest absolute Gasteiger partial charge is 0.169 e. The van der Waals surface area contributed by atoms with Gasteiger partial charge < -0.3 is 9.32 Å². The highest BCUT2D eigenvalue weighted by molar-refractivity contribution is 9.10. The summed E-state index contributed by atoms with van der Waals surface area (Å²) in [5.74, 6) is 0.751. The van der Waals surface area contributed by atoms with E-state index in [0.717, 1.165) is 5.76 Å². The van der Waals surface area contributed by atoms with Crippen LogP contribution >= 0.6 is 15.9 Å². The molecule has 0 unspecified atom stereocenters. The molecule has 4 nitrogen and oxygen atoms in total. The van der Waals surface area contributed by atoms with E-state index >= 15 is 0 Å². The molecule has 2 rings (SSSR count). The van der Waals surface area contributed by atoms with Gasteiger partial charge in [-0.1, -0.05) is 0 Å². The molecule has 0 atom stereocenters. The van der Waals surface area contributed by atoms with Crippen molar-refractivity contribution in [2.75, 3.05) is 11.9 Å². The topological polar surface area (TPSA) is 57.2 Å². The molecule has 0 aliphatic carbocycles. The summed E-state index contributed by atoms with van der Waals surface area (Å²) >= 11 is 3.25. The molecule has 0 bridgehead atoms. The lowest BCUT2D eigenvalue weighted by atomic mass is 10.1. The van der Waals surface area contributed by atoms with Crippen LogP contribution in [0.15, 0.2) is 39.4 Å². The van der Waals surface area contributed by atoms with Crippen LogP contribution in [0.4, 0.5) is 5.69 Å². The van der Waals surface area contributed by atoms with Crippen LogP contribution in [0.1, 0.15) is 28.6 Å². The highest BCUT2D eigenvalue weighted by Gasteiger charge is 2.12. The Morgan fingerprint density at radius 2 is 2.15 bits per heavy atom. The number of carbonyl (C=O) groups excluding carboxylic acids is 1. The van der Waals surface area contributed by atoms with Gasteiger partial charge in [0.25, 0.3) is 0 Å². The third-order valence-corrected chi connectivity index (χ3v) is 3.38. The van der Waals surface area contributed by atoms with E-state index in [2.05, 4.69) is 22.0 Å². The van der Waals surface area contributed by atoms with Gasteiger partial charge in [0.1, 0.15) is 11.8 Å². The number of Topliss-reactive ketones (excluding diaryl/α,β-unsaturated/α-hetero) is 1. The molecule has 0 fully saturated rings. The van der Waals surface area contributed by atoms with Crippen molar-refractivity contribution >= 4 is 27.4 Å². The van der Waals surface area contributed by atoms with E-state index in [-0.39, 0.29) is 5.78 Å². The van der Waals surface area contributed by atoms with Gasteiger partial charge in [-0.2, -0.15) is 5.26 Å². The maximum absolute atomic E-state index is 11.5. The Labute approximate surface area is 125 Å². The predicted octanol–water partition coefficient (Wildman–Crippen LogP) is 3.75. The van der Waals surface area contributed by atoms with Crippen molar-refractivity contribution in [3.8, 4) is 6.07 Å². The van der Waals surface area contributed by atoms with Gasteiger partial charge in [-0.15, -0.1) is 0 Å². The lowest BCUT2D eigenvalue weighted by Crippen LogP contribution is -2.17. The van der Waals surface area contributed by atoms with Crippen molar-refractivity contribution in [2.45, 2.75) is 13.5 Å². The maximum atomic E-state index is 11.5. The third-order valence-electron chi connectivity index (χ3n) is 2.96. The molecule has 102 valence electrons. The normalized spacial score (nSPS) is 10.1. The van der Waals surface area contributed by atoms with Crippen molar-refractivity contribution in [1.82, 2.24) is 0 Å². The largest absolute Gasteiger partial charge is 0.452 e. The summed E-state index contributed by atoms with van der Waals surface area (Å²) in [6, 6.07) is 10.9. The van der Waals surface area contributed by atoms with E-state index in [1.165, 1.54) is 6.92 Å². The molecule has 1 heterocycles. The van der Waals surface area contributed by atoms with Crippen LogP contribution < -0.4 is 4.90 Å². The van der Waals surface area contributed by atoms with Crippen molar-refractivity contribution in [3.63, 3.8) is 0 Å². The quantitative estimate of drug-likeness (QED) is 0.800. The summed E-state index contributed by atoms with van der Waals surface area (Å²) in [6.07, 6.45) is 0. The predicted molar refractivity (Wildman–Crippen MR) is 79.7 cm³/mol. The highest BCUT2D eigenvalue weighted by Crippen LogP contribution is 2.24. The van der Waals surface area contributed by atoms with Crippen LogP contribution in [0.2, 0.25) is 0 Å². The van der Waals surface area contributed by atoms with Gasteiger partial charge in [0.2, 0.25) is 0 Å². The summed E-state index contributed by atoms with van der Waals surface area (Å²) in [4.78, 5) is 13.3. The lowest BCUT2D eigenvalue weighted by Gasteiger charge is -2.19. The van der Waals surface area contributed by atoms with Crippen LogP contribution in [0, 0.1) is 11.3 Å². The monoisotopic (exact) mass is 332 g/mol. The fourth-order valence-corrected chi connectivity index (χ4v) is 2.26. The number of anilines is 1. The molecular formula is C15H13BrN2O2. The number of hydrogen-bond acceptors (Lipinski definition) is 4. The van der Waals surface area contributed by atoms with Gasteiger partial charge in [-0.05, 0) is 53.2 Å². The molecule has 0 saturated heterocycles. The Hall–Kier alpha value is -2.06. The van der Waals surface area contributed by atoms with Gasteiger partial charge in [-0.3, -0.25) is 4.79 Å². The minimum Gasteiger partial charge on any atom is -0.452 e. The third kappa shape index (κ3) is 3.09. The van der Waals surface area contributed by atoms with Crippen molar-refractivity contribution in [3.05, 3.63) is 51.9 Å². The van der Waals surface area contributed by atoms with Gasteiger partial charge in [0.15, 0.2) is 10.5 Å². The number of halogens is 1. The molecule has 0 N–H and O–H groups in total. The molecule has 1 aromatic heterocycles. The fourth-order valence-electron chi connectivity index (χ4n) is 1.92. The number of ketones is 1. The Bertz CT molecular complexity index is 685. The van der Waals surface area contributed by atoms with Crippen LogP contribution in [0.3, 0.4) is 0 Å². The van der Waals surface area contributed by atoms with Crippen molar-refractivity contribution in [2.24, 2.45) is 0 Å². The van der Waals surface area contributed by atoms with Crippen LogP contribution in [-0.2, 0) is 6.54 Å². The lowest BCUT2D eigenvalue weighted by molar-refractivity contribution is 0.101. The highest BCUT2D eigenvalue weighted by atomic mass is 79.9. The zero-order valence-electron chi connectivity index (χ0n) is 11.2. The molecule has 0 aliphatic rings. The molecule has 0 spiro atoms. The molecule has 5 heteroatoms. The summed E-state index contributed by atoms with van der Waals surface area (Å²) < 4.78 is 6.12. The van der Waals surface area contributed by atoms with Gasteiger partial charge in [0.05, 0.1) is 17.8 Å². The fraction of sp³-hybridized carbons (Fsp3) is 0.200. The number of carbonyl (C=O) groups is 1. The summed E-state index contributed by atoms with van der Waals surface area (Å²) in [5.41, 5.74) is 1.84. The van der Waals surface area contributed by atoms with Crippen molar-refractivity contribution < 1.29 is 9.21 Å². The minimum atomic E-state index is -0.0233. The van der Waals surface area contributed by atoms with E-state index in [9.17, 15) is 10.1 Å². The Kier molecular flexibility index (Phi) is 4.26. The number of furan rings is 1. The second-order valence-corrected chi connectivity index (χ2v) is 5.24. The van der Waals surface area contributed by atoms with Crippen LogP contribution in [0.25, 0.3) is 0 Å². The Balaban J connectivity index is 2.32. The first-order valence-electron chi connectivity index (χ1n) is 6.01. The van der Waals surface area contributed by atoms with E-state index in [0.29, 0.717) is 28.0 Å². The second-order valence-electron chi connectivity index (χ2n) is 4.46. The SMILES string of the molecule is CC(=O)c1ccc(C#N)c(N(C)Cc2ccc(Br)o2)c1. The van der Waals surface area contributed by atoms with E-state index < -0.39 is 0 Å². The first-order chi connectivity index (χ1) is 9.51. The molecule has 20 heavy (non-hydrogen) atoms. The molecular weight excluding hydrogens is 320 g/mol. The number of benzene rings is 1. The summed E-state index contributed by atoms with van der Waals surface area (Å²) in [5, 5.41) is 9.17. The number of hydrogen-bond donors (Lipinski definition) is 0. The number of rotatable bonds is 4. The van der Waals surface area contributed by atoms with Gasteiger partial charge in [-0.25, -0.2) is 0 Å². The minimum absolute atomic E-state index is 0.0233. The van der Waals surface area contributed by atoms with Gasteiger partial charge >= 0.3 is 0 Å². The van der Waals surface area contributed by atoms with Gasteiger partial charge in [0, 0.05) is 12.6 Å². The molecule has 0 saturated carbocycles. The zero-order valence-corrected chi connectivity index (χ0v) is 12.8. The maximum Gasteiger partial charge on any atom is 0.169 e. The second kappa shape index (κ2) is 5.93.